The van der Waals surface area contributed by atoms with Gasteiger partial charge in [0.1, 0.15) is 5.75 Å². The molecule has 23 heavy (non-hydrogen) atoms. The molecule has 0 saturated heterocycles. The van der Waals surface area contributed by atoms with Crippen molar-refractivity contribution < 1.29 is 15.0 Å². The summed E-state index contributed by atoms with van der Waals surface area (Å²) >= 11 is 0. The Bertz CT molecular complexity index is 535. The molecule has 132 valence electrons. The summed E-state index contributed by atoms with van der Waals surface area (Å²) in [6.45, 7) is 15.8. The molecule has 0 aromatic heterocycles. The smallest absolute Gasteiger partial charge is 0.331 e. The molecule has 0 amide bonds. The van der Waals surface area contributed by atoms with E-state index < -0.39 is 5.97 Å². The summed E-state index contributed by atoms with van der Waals surface area (Å²) in [4.78, 5) is 11.0. The van der Waals surface area contributed by atoms with Crippen molar-refractivity contribution in [2.45, 2.75) is 73.6 Å². The van der Waals surface area contributed by atoms with Crippen LogP contribution in [0.2, 0.25) is 0 Å². The van der Waals surface area contributed by atoms with E-state index in [1.165, 1.54) is 0 Å². The van der Waals surface area contributed by atoms with Crippen LogP contribution in [0, 0.1) is 0 Å². The van der Waals surface area contributed by atoms with Gasteiger partial charge in [-0.2, -0.15) is 0 Å². The van der Waals surface area contributed by atoms with Crippen molar-refractivity contribution in [3.63, 3.8) is 0 Å². The first-order chi connectivity index (χ1) is 9.34. The molecule has 1 rings (SSSR count). The third kappa shape index (κ3) is 5.74. The molecular formula is C20H34O3. The molecular weight excluding hydrogens is 288 g/mol. The fourth-order valence-corrected chi connectivity index (χ4v) is 2.26. The topological polar surface area (TPSA) is 57.5 Å². The lowest BCUT2D eigenvalue weighted by Crippen LogP contribution is -2.18. The lowest BCUT2D eigenvalue weighted by molar-refractivity contribution is -0.132. The summed E-state index contributed by atoms with van der Waals surface area (Å²) in [5.74, 6) is -0.683. The number of phenolic OH excluding ortho intramolecular Hbond substituents is 1. The van der Waals surface area contributed by atoms with E-state index in [2.05, 4.69) is 6.58 Å². The first-order valence-corrected chi connectivity index (χ1v) is 7.12. The van der Waals surface area contributed by atoms with E-state index in [1.807, 2.05) is 53.7 Å². The van der Waals surface area contributed by atoms with Crippen molar-refractivity contribution in [3.05, 3.63) is 41.0 Å². The van der Waals surface area contributed by atoms with Crippen LogP contribution in [0.3, 0.4) is 0 Å². The van der Waals surface area contributed by atoms with Gasteiger partial charge in [-0.25, -0.2) is 4.79 Å². The van der Waals surface area contributed by atoms with E-state index in [9.17, 15) is 9.90 Å². The second kappa shape index (κ2) is 7.67. The Balaban J connectivity index is 0. The molecule has 0 spiro atoms. The first-order valence-electron chi connectivity index (χ1n) is 7.12. The summed E-state index contributed by atoms with van der Waals surface area (Å²) in [5.41, 5.74) is 2.26. The maximum Gasteiger partial charge on any atom is 0.331 e. The minimum atomic E-state index is -0.988. The van der Waals surface area contributed by atoms with Crippen LogP contribution in [0.1, 0.15) is 73.1 Å². The minimum absolute atomic E-state index is 0. The normalized spacial score (nSPS) is 11.2. The zero-order valence-electron chi connectivity index (χ0n) is 13.9. The number of rotatable bonds is 3. The number of hydrogen-bond acceptors (Lipinski definition) is 2. The number of aliphatic carboxylic acids is 1. The van der Waals surface area contributed by atoms with Crippen LogP contribution in [-0.4, -0.2) is 16.2 Å². The van der Waals surface area contributed by atoms with Crippen LogP contribution in [0.25, 0.3) is 0 Å². The van der Waals surface area contributed by atoms with E-state index in [0.717, 1.165) is 16.7 Å². The highest BCUT2D eigenvalue weighted by Gasteiger charge is 2.26. The zero-order valence-corrected chi connectivity index (χ0v) is 13.9. The van der Waals surface area contributed by atoms with E-state index >= 15 is 0 Å². The van der Waals surface area contributed by atoms with E-state index in [0.29, 0.717) is 5.75 Å². The summed E-state index contributed by atoms with van der Waals surface area (Å²) < 4.78 is 0. The third-order valence-electron chi connectivity index (χ3n) is 3.51. The third-order valence-corrected chi connectivity index (χ3v) is 3.51. The van der Waals surface area contributed by atoms with E-state index in [4.69, 9.17) is 5.11 Å². The molecule has 0 heterocycles. The lowest BCUT2D eigenvalue weighted by Gasteiger charge is -2.28. The molecule has 0 bridgehead atoms. The molecule has 0 aliphatic rings. The largest absolute Gasteiger partial charge is 0.507 e. The number of carboxylic acid groups (broad SMARTS) is 1. The van der Waals surface area contributed by atoms with E-state index in [1.54, 1.807) is 0 Å². The average Bonchev–Trinajstić information content (AvgIpc) is 2.27. The van der Waals surface area contributed by atoms with Gasteiger partial charge in [0, 0.05) is 12.0 Å². The fraction of sp³-hybridized carbons (Fsp3) is 0.550. The Hall–Kier alpha value is -1.77. The van der Waals surface area contributed by atoms with Gasteiger partial charge >= 0.3 is 5.97 Å². The molecule has 0 aliphatic heterocycles. The van der Waals surface area contributed by atoms with Crippen LogP contribution in [-0.2, 0) is 22.0 Å². The van der Waals surface area contributed by atoms with Gasteiger partial charge < -0.3 is 10.2 Å². The van der Waals surface area contributed by atoms with Crippen LogP contribution in [0.15, 0.2) is 24.3 Å². The molecule has 1 aromatic carbocycles. The molecule has 0 aliphatic carbocycles. The number of carboxylic acids is 1. The number of benzene rings is 1. The van der Waals surface area contributed by atoms with Crippen molar-refractivity contribution in [2.24, 2.45) is 0 Å². The number of aromatic hydroxyl groups is 1. The Morgan fingerprint density at radius 1 is 1.00 bits per heavy atom. The summed E-state index contributed by atoms with van der Waals surface area (Å²) in [7, 11) is 0. The van der Waals surface area contributed by atoms with Gasteiger partial charge in [-0.1, -0.05) is 75.1 Å². The standard InChI is InChI=1S/C18H26O3.2CH4/c1-11(16(20)21)8-12-9-13(17(2,3)4)15(19)14(10-12)18(5,6)7;;/h9-10,19H,1,8H2,2-7H3,(H,20,21);2*1H4. The van der Waals surface area contributed by atoms with Gasteiger partial charge in [-0.15, -0.1) is 0 Å². The minimum Gasteiger partial charge on any atom is -0.507 e. The van der Waals surface area contributed by atoms with Gasteiger partial charge in [-0.3, -0.25) is 0 Å². The SMILES string of the molecule is C.C.C=C(Cc1cc(C(C)(C)C)c(O)c(C(C)(C)C)c1)C(=O)O. The van der Waals surface area contributed by atoms with Crippen molar-refractivity contribution >= 4 is 5.97 Å². The number of hydrogen-bond donors (Lipinski definition) is 2. The number of carbonyl (C=O) groups is 1. The molecule has 0 saturated carbocycles. The summed E-state index contributed by atoms with van der Waals surface area (Å²) in [6, 6.07) is 3.78. The van der Waals surface area contributed by atoms with Crippen LogP contribution >= 0.6 is 0 Å². The molecule has 3 nitrogen and oxygen atoms in total. The molecule has 0 fully saturated rings. The van der Waals surface area contributed by atoms with Crippen molar-refractivity contribution in [3.8, 4) is 5.75 Å². The Labute approximate surface area is 142 Å². The Kier molecular flexibility index (Phi) is 7.84. The quantitative estimate of drug-likeness (QED) is 0.728. The first kappa shape index (κ1) is 23.5. The second-order valence-corrected chi connectivity index (χ2v) is 7.63. The van der Waals surface area contributed by atoms with Crippen molar-refractivity contribution in [2.75, 3.05) is 0 Å². The van der Waals surface area contributed by atoms with Crippen LogP contribution in [0.4, 0.5) is 0 Å². The Morgan fingerprint density at radius 3 is 1.61 bits per heavy atom. The molecule has 0 radical (unpaired) electrons. The van der Waals surface area contributed by atoms with Gasteiger partial charge in [0.15, 0.2) is 0 Å². The predicted molar refractivity (Wildman–Crippen MR) is 99.4 cm³/mol. The van der Waals surface area contributed by atoms with Crippen LogP contribution in [0.5, 0.6) is 5.75 Å². The molecule has 0 atom stereocenters. The average molecular weight is 322 g/mol. The predicted octanol–water partition coefficient (Wildman–Crippen LogP) is 5.44. The van der Waals surface area contributed by atoms with Gasteiger partial charge in [0.25, 0.3) is 0 Å². The molecule has 3 heteroatoms. The highest BCUT2D eigenvalue weighted by molar-refractivity contribution is 5.86. The Morgan fingerprint density at radius 2 is 1.35 bits per heavy atom. The molecule has 1 aromatic rings. The fourth-order valence-electron chi connectivity index (χ4n) is 2.26. The summed E-state index contributed by atoms with van der Waals surface area (Å²) in [5, 5.41) is 19.6. The number of phenols is 1. The van der Waals surface area contributed by atoms with Crippen LogP contribution < -0.4 is 0 Å². The second-order valence-electron chi connectivity index (χ2n) is 7.63. The lowest BCUT2D eigenvalue weighted by atomic mass is 9.78. The van der Waals surface area contributed by atoms with Crippen molar-refractivity contribution in [1.82, 2.24) is 0 Å². The monoisotopic (exact) mass is 322 g/mol. The van der Waals surface area contributed by atoms with Gasteiger partial charge in [0.05, 0.1) is 0 Å². The zero-order chi connectivity index (χ0) is 16.6. The highest BCUT2D eigenvalue weighted by Crippen LogP contribution is 2.40. The molecule has 2 N–H and O–H groups in total. The summed E-state index contributed by atoms with van der Waals surface area (Å²) in [6.07, 6.45) is 0.280. The van der Waals surface area contributed by atoms with Gasteiger partial charge in [-0.05, 0) is 27.5 Å². The molecule has 0 unspecified atom stereocenters. The maximum atomic E-state index is 11.0. The maximum absolute atomic E-state index is 11.0. The van der Waals surface area contributed by atoms with Gasteiger partial charge in [0.2, 0.25) is 0 Å². The van der Waals surface area contributed by atoms with E-state index in [-0.39, 0.29) is 37.7 Å². The highest BCUT2D eigenvalue weighted by atomic mass is 16.4. The van der Waals surface area contributed by atoms with Crippen molar-refractivity contribution in [1.29, 1.82) is 0 Å².